The molecule has 0 aromatic heterocycles. The summed E-state index contributed by atoms with van der Waals surface area (Å²) in [5, 5.41) is 0. The van der Waals surface area contributed by atoms with Crippen molar-refractivity contribution in [1.29, 1.82) is 0 Å². The summed E-state index contributed by atoms with van der Waals surface area (Å²) >= 11 is 0. The first kappa shape index (κ1) is 10.2. The zero-order valence-corrected chi connectivity index (χ0v) is 8.44. The van der Waals surface area contributed by atoms with Crippen LogP contribution in [0.4, 0.5) is 0 Å². The predicted molar refractivity (Wildman–Crippen MR) is 47.1 cm³/mol. The zero-order chi connectivity index (χ0) is 8.04. The van der Waals surface area contributed by atoms with Gasteiger partial charge in [-0.25, -0.2) is 0 Å². The Balaban J connectivity index is 3.04. The largest absolute Gasteiger partial charge is 0.298 e. The number of hydrogen-bond acceptors (Lipinski definition) is 0. The molecule has 0 saturated carbocycles. The zero-order valence-electron chi connectivity index (χ0n) is 7.44. The lowest BCUT2D eigenvalue weighted by Gasteiger charge is -2.09. The molecular formula is C8H19OSi. The summed E-state index contributed by atoms with van der Waals surface area (Å²) in [4.78, 5) is 11.2. The summed E-state index contributed by atoms with van der Waals surface area (Å²) in [5.41, 5.74) is 0. The van der Waals surface area contributed by atoms with Gasteiger partial charge in [-0.15, -0.1) is 0 Å². The lowest BCUT2D eigenvalue weighted by Crippen LogP contribution is -2.21. The smallest absolute Gasteiger partial charge is 0.231 e. The molecule has 0 aromatic rings. The standard InChI is InChI=1S/C8H19OSi/c1-4-5-6-7-8-10(2,3)9/h4-8H2,1-3H3. The minimum atomic E-state index is -1.96. The van der Waals surface area contributed by atoms with Gasteiger partial charge in [-0.05, 0) is 19.1 Å². The predicted octanol–water partition coefficient (Wildman–Crippen LogP) is 3.20. The molecule has 61 valence electrons. The van der Waals surface area contributed by atoms with Crippen molar-refractivity contribution in [3.05, 3.63) is 0 Å². The minimum Gasteiger partial charge on any atom is -0.298 e. The topological polar surface area (TPSA) is 19.9 Å². The van der Waals surface area contributed by atoms with Gasteiger partial charge in [-0.1, -0.05) is 32.6 Å². The molecule has 0 amide bonds. The van der Waals surface area contributed by atoms with Crippen LogP contribution in [0.5, 0.6) is 0 Å². The summed E-state index contributed by atoms with van der Waals surface area (Å²) < 4.78 is 0. The van der Waals surface area contributed by atoms with Gasteiger partial charge in [0.15, 0.2) is 0 Å². The van der Waals surface area contributed by atoms with Crippen LogP contribution in [0.25, 0.3) is 0 Å². The van der Waals surface area contributed by atoms with Gasteiger partial charge in [0.25, 0.3) is 0 Å². The number of unbranched alkanes of at least 4 members (excludes halogenated alkanes) is 3. The molecule has 10 heavy (non-hydrogen) atoms. The van der Waals surface area contributed by atoms with Crippen LogP contribution in [0.2, 0.25) is 19.1 Å². The fraction of sp³-hybridized carbons (Fsp3) is 1.00. The summed E-state index contributed by atoms with van der Waals surface area (Å²) in [6.07, 6.45) is 4.98. The average Bonchev–Trinajstić information content (AvgIpc) is 1.78. The summed E-state index contributed by atoms with van der Waals surface area (Å²) in [6.45, 7) is 6.00. The monoisotopic (exact) mass is 159 g/mol. The van der Waals surface area contributed by atoms with Crippen LogP contribution < -0.4 is 0 Å². The Bertz CT molecular complexity index is 75.8. The first-order valence-electron chi connectivity index (χ1n) is 4.26. The third kappa shape index (κ3) is 8.18. The molecule has 0 aliphatic carbocycles. The van der Waals surface area contributed by atoms with Crippen LogP contribution in [0, 0.1) is 0 Å². The Kier molecular flexibility index (Phi) is 5.00. The van der Waals surface area contributed by atoms with Crippen molar-refractivity contribution in [2.24, 2.45) is 0 Å². The van der Waals surface area contributed by atoms with Crippen LogP contribution in [-0.2, 0) is 4.80 Å². The van der Waals surface area contributed by atoms with Gasteiger partial charge >= 0.3 is 0 Å². The Morgan fingerprint density at radius 1 is 1.10 bits per heavy atom. The van der Waals surface area contributed by atoms with E-state index < -0.39 is 8.32 Å². The van der Waals surface area contributed by atoms with E-state index in [1.807, 2.05) is 13.1 Å². The van der Waals surface area contributed by atoms with Gasteiger partial charge in [0.1, 0.15) is 0 Å². The minimum absolute atomic E-state index is 0.965. The van der Waals surface area contributed by atoms with Crippen molar-refractivity contribution in [2.45, 2.75) is 51.7 Å². The van der Waals surface area contributed by atoms with Crippen molar-refractivity contribution in [2.75, 3.05) is 0 Å². The Morgan fingerprint density at radius 2 is 1.70 bits per heavy atom. The molecule has 1 radical (unpaired) electrons. The highest BCUT2D eigenvalue weighted by molar-refractivity contribution is 6.69. The molecule has 0 fully saturated rings. The Hall–Kier alpha value is 0.177. The maximum atomic E-state index is 11.2. The molecule has 0 aliphatic rings. The van der Waals surface area contributed by atoms with E-state index in [1.54, 1.807) is 0 Å². The maximum Gasteiger partial charge on any atom is 0.231 e. The normalized spacial score (nSPS) is 12.0. The quantitative estimate of drug-likeness (QED) is 0.433. The SMILES string of the molecule is CCCCCC[Si](C)(C)[O]. The van der Waals surface area contributed by atoms with Crippen molar-refractivity contribution in [3.63, 3.8) is 0 Å². The molecule has 0 bridgehead atoms. The Labute approximate surface area is 65.6 Å². The third-order valence-electron chi connectivity index (χ3n) is 1.63. The average molecular weight is 159 g/mol. The molecule has 0 unspecified atom stereocenters. The highest BCUT2D eigenvalue weighted by atomic mass is 28.4. The van der Waals surface area contributed by atoms with Crippen LogP contribution >= 0.6 is 0 Å². The molecule has 0 atom stereocenters. The lowest BCUT2D eigenvalue weighted by atomic mass is 10.2. The molecule has 0 aromatic carbocycles. The fourth-order valence-electron chi connectivity index (χ4n) is 0.977. The Morgan fingerprint density at radius 3 is 2.10 bits per heavy atom. The van der Waals surface area contributed by atoms with Crippen LogP contribution in [0.1, 0.15) is 32.6 Å². The van der Waals surface area contributed by atoms with Crippen molar-refractivity contribution in [1.82, 2.24) is 0 Å². The van der Waals surface area contributed by atoms with Crippen LogP contribution in [0.15, 0.2) is 0 Å². The highest BCUT2D eigenvalue weighted by Gasteiger charge is 2.18. The molecule has 0 saturated heterocycles. The third-order valence-corrected chi connectivity index (χ3v) is 3.19. The van der Waals surface area contributed by atoms with E-state index in [0.29, 0.717) is 0 Å². The van der Waals surface area contributed by atoms with E-state index in [-0.39, 0.29) is 0 Å². The second-order valence-corrected chi connectivity index (χ2v) is 7.59. The highest BCUT2D eigenvalue weighted by Crippen LogP contribution is 2.12. The number of rotatable bonds is 5. The van der Waals surface area contributed by atoms with E-state index in [4.69, 9.17) is 0 Å². The van der Waals surface area contributed by atoms with Crippen molar-refractivity contribution < 1.29 is 4.80 Å². The summed E-state index contributed by atoms with van der Waals surface area (Å²) in [5.74, 6) is 0. The van der Waals surface area contributed by atoms with E-state index in [2.05, 4.69) is 6.92 Å². The van der Waals surface area contributed by atoms with E-state index in [9.17, 15) is 4.80 Å². The first-order chi connectivity index (χ1) is 4.56. The lowest BCUT2D eigenvalue weighted by molar-refractivity contribution is 0.424. The summed E-state index contributed by atoms with van der Waals surface area (Å²) in [6, 6.07) is 0.965. The van der Waals surface area contributed by atoms with Crippen LogP contribution in [-0.4, -0.2) is 8.32 Å². The van der Waals surface area contributed by atoms with Crippen molar-refractivity contribution in [3.8, 4) is 0 Å². The molecule has 0 rings (SSSR count). The molecule has 0 heterocycles. The first-order valence-corrected chi connectivity index (χ1v) is 7.38. The fourth-order valence-corrected chi connectivity index (χ4v) is 2.08. The van der Waals surface area contributed by atoms with Gasteiger partial charge in [0, 0.05) is 0 Å². The molecule has 0 N–H and O–H groups in total. The van der Waals surface area contributed by atoms with Gasteiger partial charge in [0.05, 0.1) is 0 Å². The van der Waals surface area contributed by atoms with Crippen LogP contribution in [0.3, 0.4) is 0 Å². The second-order valence-electron chi connectivity index (χ2n) is 3.57. The summed E-state index contributed by atoms with van der Waals surface area (Å²) in [7, 11) is -1.96. The molecule has 1 nitrogen and oxygen atoms in total. The van der Waals surface area contributed by atoms with Gasteiger partial charge in [-0.2, -0.15) is 0 Å². The van der Waals surface area contributed by atoms with Crippen molar-refractivity contribution >= 4 is 8.32 Å². The van der Waals surface area contributed by atoms with E-state index in [1.165, 1.54) is 19.3 Å². The van der Waals surface area contributed by atoms with Gasteiger partial charge < -0.3 is 0 Å². The molecule has 2 heteroatoms. The van der Waals surface area contributed by atoms with E-state index in [0.717, 1.165) is 12.5 Å². The second kappa shape index (κ2) is 4.91. The van der Waals surface area contributed by atoms with E-state index >= 15 is 0 Å². The molecule has 0 spiro atoms. The van der Waals surface area contributed by atoms with Gasteiger partial charge in [0.2, 0.25) is 8.32 Å². The molecular weight excluding hydrogens is 140 g/mol. The molecule has 0 aliphatic heterocycles. The number of hydrogen-bond donors (Lipinski definition) is 0. The maximum absolute atomic E-state index is 11.2. The van der Waals surface area contributed by atoms with Gasteiger partial charge in [-0.3, -0.25) is 4.80 Å².